The molecule has 0 bridgehead atoms. The van der Waals surface area contributed by atoms with Crippen LogP contribution in [0.15, 0.2) is 12.1 Å². The monoisotopic (exact) mass is 253 g/mol. The number of nitrogens with zero attached hydrogens (tertiary/aromatic N) is 1. The summed E-state index contributed by atoms with van der Waals surface area (Å²) in [5.41, 5.74) is 1.21. The fourth-order valence-electron chi connectivity index (χ4n) is 1.43. The van der Waals surface area contributed by atoms with Crippen molar-refractivity contribution in [1.82, 2.24) is 0 Å². The summed E-state index contributed by atoms with van der Waals surface area (Å²) in [5, 5.41) is 18.2. The summed E-state index contributed by atoms with van der Waals surface area (Å²) in [5.74, 6) is -0.444. The lowest BCUT2D eigenvalue weighted by atomic mass is 10.0. The Morgan fingerprint density at radius 1 is 1.59 bits per heavy atom. The third-order valence-electron chi connectivity index (χ3n) is 2.24. The molecular weight excluding hydrogens is 242 g/mol. The van der Waals surface area contributed by atoms with Gasteiger partial charge in [-0.25, -0.2) is 0 Å². The van der Waals surface area contributed by atoms with Crippen molar-refractivity contribution < 1.29 is 14.6 Å². The summed E-state index contributed by atoms with van der Waals surface area (Å²) in [6.45, 7) is 1.74. The Morgan fingerprint density at radius 2 is 2.29 bits per heavy atom. The largest absolute Gasteiger partial charge is 0.466 e. The van der Waals surface area contributed by atoms with Gasteiger partial charge in [-0.2, -0.15) is 5.26 Å². The van der Waals surface area contributed by atoms with Crippen LogP contribution in [0.3, 0.4) is 0 Å². The first-order chi connectivity index (χ1) is 8.13. The first kappa shape index (κ1) is 13.5. The first-order valence-corrected chi connectivity index (χ1v) is 5.48. The van der Waals surface area contributed by atoms with Gasteiger partial charge in [0.25, 0.3) is 0 Å². The molecule has 1 N–H and O–H groups in total. The summed E-state index contributed by atoms with van der Waals surface area (Å²) >= 11 is 6.02. The molecule has 0 aliphatic rings. The summed E-state index contributed by atoms with van der Waals surface area (Å²) in [4.78, 5) is 11.4. The summed E-state index contributed by atoms with van der Waals surface area (Å²) < 4.78 is 4.80. The van der Waals surface area contributed by atoms with Crippen LogP contribution in [-0.4, -0.2) is 17.7 Å². The van der Waals surface area contributed by atoms with Gasteiger partial charge in [0.2, 0.25) is 0 Å². The van der Waals surface area contributed by atoms with E-state index in [1.54, 1.807) is 13.0 Å². The van der Waals surface area contributed by atoms with E-state index in [0.29, 0.717) is 16.7 Å². The van der Waals surface area contributed by atoms with Gasteiger partial charge < -0.3 is 9.84 Å². The standard InChI is InChI=1S/C12H12ClNO3/c1-2-17-11(16)5-10-8(6-14)3-4-9(7-15)12(10)13/h3-4,15H,2,5,7H2,1H3. The number of carbonyl (C=O) groups is 1. The van der Waals surface area contributed by atoms with Crippen LogP contribution < -0.4 is 0 Å². The van der Waals surface area contributed by atoms with Gasteiger partial charge >= 0.3 is 5.97 Å². The van der Waals surface area contributed by atoms with E-state index in [1.165, 1.54) is 6.07 Å². The van der Waals surface area contributed by atoms with E-state index in [0.717, 1.165) is 0 Å². The molecule has 5 heteroatoms. The van der Waals surface area contributed by atoms with Crippen molar-refractivity contribution >= 4 is 17.6 Å². The van der Waals surface area contributed by atoms with Gasteiger partial charge in [-0.1, -0.05) is 17.7 Å². The van der Waals surface area contributed by atoms with Gasteiger partial charge in [-0.3, -0.25) is 4.79 Å². The predicted molar refractivity (Wildman–Crippen MR) is 62.4 cm³/mol. The van der Waals surface area contributed by atoms with Gasteiger partial charge in [-0.15, -0.1) is 0 Å². The highest BCUT2D eigenvalue weighted by Gasteiger charge is 2.15. The SMILES string of the molecule is CCOC(=O)Cc1c(C#N)ccc(CO)c1Cl. The van der Waals surface area contributed by atoms with Crippen LogP contribution in [0.2, 0.25) is 5.02 Å². The van der Waals surface area contributed by atoms with E-state index in [1.807, 2.05) is 6.07 Å². The molecule has 4 nitrogen and oxygen atoms in total. The van der Waals surface area contributed by atoms with E-state index in [4.69, 9.17) is 26.7 Å². The van der Waals surface area contributed by atoms with Crippen molar-refractivity contribution in [3.63, 3.8) is 0 Å². The number of halogens is 1. The average molecular weight is 254 g/mol. The Bertz CT molecular complexity index is 466. The van der Waals surface area contributed by atoms with E-state index in [-0.39, 0.29) is 24.7 Å². The number of hydrogen-bond donors (Lipinski definition) is 1. The van der Waals surface area contributed by atoms with E-state index in [9.17, 15) is 4.79 Å². The summed E-state index contributed by atoms with van der Waals surface area (Å²) in [7, 11) is 0. The molecule has 0 unspecified atom stereocenters. The zero-order chi connectivity index (χ0) is 12.8. The highest BCUT2D eigenvalue weighted by Crippen LogP contribution is 2.25. The van der Waals surface area contributed by atoms with Crippen molar-refractivity contribution in [1.29, 1.82) is 5.26 Å². The summed E-state index contributed by atoms with van der Waals surface area (Å²) in [6.07, 6.45) is -0.0661. The van der Waals surface area contributed by atoms with Crippen molar-refractivity contribution in [2.45, 2.75) is 20.0 Å². The number of ether oxygens (including phenoxy) is 1. The molecule has 0 aliphatic heterocycles. The minimum absolute atomic E-state index is 0.0661. The van der Waals surface area contributed by atoms with E-state index >= 15 is 0 Å². The molecule has 0 fully saturated rings. The number of benzene rings is 1. The topological polar surface area (TPSA) is 70.3 Å². The zero-order valence-corrected chi connectivity index (χ0v) is 10.1. The molecular formula is C12H12ClNO3. The second-order valence-electron chi connectivity index (χ2n) is 3.32. The highest BCUT2D eigenvalue weighted by molar-refractivity contribution is 6.32. The van der Waals surface area contributed by atoms with Crippen LogP contribution in [0.25, 0.3) is 0 Å². The highest BCUT2D eigenvalue weighted by atomic mass is 35.5. The second-order valence-corrected chi connectivity index (χ2v) is 3.69. The van der Waals surface area contributed by atoms with Crippen LogP contribution in [0.1, 0.15) is 23.6 Å². The minimum Gasteiger partial charge on any atom is -0.466 e. The molecule has 0 amide bonds. The fraction of sp³-hybridized carbons (Fsp3) is 0.333. The summed E-state index contributed by atoms with van der Waals surface area (Å²) in [6, 6.07) is 5.06. The quantitative estimate of drug-likeness (QED) is 0.831. The smallest absolute Gasteiger partial charge is 0.310 e. The Kier molecular flexibility index (Phi) is 4.95. The van der Waals surface area contributed by atoms with Gasteiger partial charge in [-0.05, 0) is 24.1 Å². The molecule has 17 heavy (non-hydrogen) atoms. The third kappa shape index (κ3) is 3.19. The van der Waals surface area contributed by atoms with Crippen molar-refractivity contribution in [2.24, 2.45) is 0 Å². The molecule has 0 saturated heterocycles. The Labute approximate surface area is 104 Å². The lowest BCUT2D eigenvalue weighted by molar-refractivity contribution is -0.142. The van der Waals surface area contributed by atoms with Gasteiger partial charge in [0.15, 0.2) is 0 Å². The van der Waals surface area contributed by atoms with E-state index < -0.39 is 5.97 Å². The fourth-order valence-corrected chi connectivity index (χ4v) is 1.72. The molecule has 0 spiro atoms. The van der Waals surface area contributed by atoms with Crippen molar-refractivity contribution in [3.05, 3.63) is 33.8 Å². The third-order valence-corrected chi connectivity index (χ3v) is 2.71. The molecule has 0 aliphatic carbocycles. The molecule has 0 atom stereocenters. The Hall–Kier alpha value is -1.57. The molecule has 0 saturated carbocycles. The van der Waals surface area contributed by atoms with Crippen LogP contribution in [0.4, 0.5) is 0 Å². The predicted octanol–water partition coefficient (Wildman–Crippen LogP) is 1.81. The lowest BCUT2D eigenvalue weighted by Crippen LogP contribution is -2.10. The Morgan fingerprint density at radius 3 is 2.82 bits per heavy atom. The first-order valence-electron chi connectivity index (χ1n) is 5.10. The van der Waals surface area contributed by atoms with Crippen LogP contribution >= 0.6 is 11.6 Å². The van der Waals surface area contributed by atoms with E-state index in [2.05, 4.69) is 0 Å². The average Bonchev–Trinajstić information content (AvgIpc) is 2.32. The number of carbonyl (C=O) groups excluding carboxylic acids is 1. The normalized spacial score (nSPS) is 9.76. The molecule has 0 heterocycles. The number of esters is 1. The minimum atomic E-state index is -0.444. The maximum Gasteiger partial charge on any atom is 0.310 e. The maximum absolute atomic E-state index is 11.4. The van der Waals surface area contributed by atoms with Gasteiger partial charge in [0.1, 0.15) is 0 Å². The molecule has 1 aromatic carbocycles. The number of nitriles is 1. The Balaban J connectivity index is 3.11. The number of aliphatic hydroxyl groups excluding tert-OH is 1. The molecule has 0 radical (unpaired) electrons. The van der Waals surface area contributed by atoms with Gasteiger partial charge in [0.05, 0.1) is 36.3 Å². The maximum atomic E-state index is 11.4. The second kappa shape index (κ2) is 6.24. The number of rotatable bonds is 4. The molecule has 1 rings (SSSR count). The van der Waals surface area contributed by atoms with Crippen LogP contribution in [0.5, 0.6) is 0 Å². The zero-order valence-electron chi connectivity index (χ0n) is 9.36. The van der Waals surface area contributed by atoms with Crippen LogP contribution in [-0.2, 0) is 22.6 Å². The lowest BCUT2D eigenvalue weighted by Gasteiger charge is -2.09. The van der Waals surface area contributed by atoms with Crippen LogP contribution in [0, 0.1) is 11.3 Å². The molecule has 90 valence electrons. The van der Waals surface area contributed by atoms with Gasteiger partial charge in [0, 0.05) is 0 Å². The molecule has 0 aromatic heterocycles. The molecule has 1 aromatic rings. The number of aliphatic hydroxyl groups is 1. The van der Waals surface area contributed by atoms with Crippen molar-refractivity contribution in [3.8, 4) is 6.07 Å². The number of hydrogen-bond acceptors (Lipinski definition) is 4. The van der Waals surface area contributed by atoms with Crippen molar-refractivity contribution in [2.75, 3.05) is 6.61 Å².